The van der Waals surface area contributed by atoms with Gasteiger partial charge in [0.25, 0.3) is 0 Å². The first-order valence-corrected chi connectivity index (χ1v) is 17.0. The zero-order chi connectivity index (χ0) is 17.5. The number of rotatable bonds is 2. The van der Waals surface area contributed by atoms with Crippen molar-refractivity contribution in [1.29, 1.82) is 0 Å². The van der Waals surface area contributed by atoms with E-state index in [1.165, 1.54) is 31.9 Å². The van der Waals surface area contributed by atoms with Gasteiger partial charge >= 0.3 is 0 Å². The molecule has 0 nitrogen and oxygen atoms in total. The molecular formula is C21H35BSi2. The van der Waals surface area contributed by atoms with Gasteiger partial charge in [-0.1, -0.05) is 69.1 Å². The second kappa shape index (κ2) is 6.69. The van der Waals surface area contributed by atoms with E-state index < -0.39 is 16.1 Å². The summed E-state index contributed by atoms with van der Waals surface area (Å²) in [6.45, 7) is 15.5. The number of hydrogen-bond donors (Lipinski definition) is 0. The zero-order valence-corrected chi connectivity index (χ0v) is 18.7. The molecule has 2 atom stereocenters. The number of allylic oxidation sites excluding steroid dienone is 4. The summed E-state index contributed by atoms with van der Waals surface area (Å²) in [6.07, 6.45) is 13.6. The lowest BCUT2D eigenvalue weighted by molar-refractivity contribution is 0.216. The summed E-state index contributed by atoms with van der Waals surface area (Å²) in [5, 5.41) is 1.74. The number of hydrogen-bond acceptors (Lipinski definition) is 0. The number of fused-ring (bicyclic) bond motifs is 1. The molecule has 2 unspecified atom stereocenters. The van der Waals surface area contributed by atoms with Crippen LogP contribution in [0.4, 0.5) is 0 Å². The fourth-order valence-corrected chi connectivity index (χ4v) is 7.84. The van der Waals surface area contributed by atoms with Crippen LogP contribution in [0.15, 0.2) is 22.8 Å². The Hall–Kier alpha value is -0.461. The highest BCUT2D eigenvalue weighted by Gasteiger charge is 2.44. The normalized spacial score (nSPS) is 31.9. The molecule has 0 aromatic heterocycles. The minimum atomic E-state index is -1.32. The molecule has 0 aromatic carbocycles. The molecule has 1 aliphatic carbocycles. The van der Waals surface area contributed by atoms with Gasteiger partial charge in [0.1, 0.15) is 8.07 Å². The maximum absolute atomic E-state index is 3.50. The maximum Gasteiger partial charge on any atom is 0.170 e. The fraction of sp³-hybridized carbons (Fsp3) is 0.714. The summed E-state index contributed by atoms with van der Waals surface area (Å²) < 4.78 is 0. The standard InChI is InChI=1S/C21H35BSi2/c1-23(2,3)10-8-7-9-21(24(4,5)6)20-14-17-11-18-13-19(12-17)16-22(20)15-18/h7,9,17-19H,11-16H2,1-6H3/b9-7+,21-20-. The van der Waals surface area contributed by atoms with Crippen LogP contribution in [0.3, 0.4) is 0 Å². The van der Waals surface area contributed by atoms with Crippen LogP contribution < -0.4 is 0 Å². The van der Waals surface area contributed by atoms with Crippen molar-refractivity contribution < 1.29 is 0 Å². The molecule has 3 aliphatic heterocycles. The molecule has 0 aromatic rings. The molecule has 4 aliphatic rings. The van der Waals surface area contributed by atoms with Gasteiger partial charge in [-0.15, -0.1) is 11.0 Å². The molecule has 0 radical (unpaired) electrons. The second-order valence-corrected chi connectivity index (χ2v) is 20.5. The third-order valence-electron chi connectivity index (χ3n) is 6.17. The Balaban J connectivity index is 1.94. The summed E-state index contributed by atoms with van der Waals surface area (Å²) in [5.41, 5.74) is 5.37. The Morgan fingerprint density at radius 1 is 0.958 bits per heavy atom. The lowest BCUT2D eigenvalue weighted by Crippen LogP contribution is -2.33. The minimum absolute atomic E-state index is 0.901. The third kappa shape index (κ3) is 4.38. The molecule has 0 spiro atoms. The van der Waals surface area contributed by atoms with Crippen LogP contribution in [0.25, 0.3) is 0 Å². The van der Waals surface area contributed by atoms with Gasteiger partial charge in [-0.2, -0.15) is 0 Å². The topological polar surface area (TPSA) is 0 Å². The van der Waals surface area contributed by atoms with Crippen molar-refractivity contribution in [3.05, 3.63) is 22.8 Å². The van der Waals surface area contributed by atoms with E-state index >= 15 is 0 Å². The van der Waals surface area contributed by atoms with Crippen molar-refractivity contribution in [3.8, 4) is 11.5 Å². The average molecular weight is 354 g/mol. The van der Waals surface area contributed by atoms with Crippen molar-refractivity contribution in [1.82, 2.24) is 0 Å². The van der Waals surface area contributed by atoms with E-state index in [1.54, 1.807) is 11.6 Å². The molecule has 0 amide bonds. The fourth-order valence-electron chi connectivity index (χ4n) is 5.47. The predicted octanol–water partition coefficient (Wildman–Crippen LogP) is 6.08. The van der Waals surface area contributed by atoms with Crippen molar-refractivity contribution in [2.45, 2.75) is 77.6 Å². The Morgan fingerprint density at radius 3 is 2.08 bits per heavy atom. The highest BCUT2D eigenvalue weighted by molar-refractivity contribution is 6.86. The summed E-state index contributed by atoms with van der Waals surface area (Å²) in [4.78, 5) is 0. The van der Waals surface area contributed by atoms with Gasteiger partial charge in [-0.3, -0.25) is 0 Å². The molecule has 3 heteroatoms. The van der Waals surface area contributed by atoms with Gasteiger partial charge in [-0.25, -0.2) is 0 Å². The van der Waals surface area contributed by atoms with Gasteiger partial charge in [0.2, 0.25) is 0 Å². The zero-order valence-electron chi connectivity index (χ0n) is 16.7. The smallest absolute Gasteiger partial charge is 0.127 e. The Kier molecular flexibility index (Phi) is 5.11. The van der Waals surface area contributed by atoms with E-state index in [0.29, 0.717) is 0 Å². The van der Waals surface area contributed by atoms with Crippen molar-refractivity contribution in [2.75, 3.05) is 0 Å². The molecule has 3 heterocycles. The predicted molar refractivity (Wildman–Crippen MR) is 115 cm³/mol. The molecule has 4 rings (SSSR count). The summed E-state index contributed by atoms with van der Waals surface area (Å²) in [7, 11) is -2.59. The highest BCUT2D eigenvalue weighted by atomic mass is 28.3. The maximum atomic E-state index is 3.50. The quantitative estimate of drug-likeness (QED) is 0.416. The van der Waals surface area contributed by atoms with Crippen LogP contribution in [0.1, 0.15) is 25.7 Å². The van der Waals surface area contributed by atoms with Gasteiger partial charge in [0.15, 0.2) is 6.71 Å². The van der Waals surface area contributed by atoms with Crippen LogP contribution in [0, 0.1) is 29.2 Å². The van der Waals surface area contributed by atoms with Crippen LogP contribution in [-0.2, 0) is 0 Å². The SMILES string of the molecule is C[Si](C)(C)C#C/C=C/C(=C1\CC2CC3CB1CC(C3)C2)[Si](C)(C)C. The first kappa shape index (κ1) is 18.3. The highest BCUT2D eigenvalue weighted by Crippen LogP contribution is 2.51. The van der Waals surface area contributed by atoms with Gasteiger partial charge in [0, 0.05) is 0 Å². The molecule has 1 saturated carbocycles. The van der Waals surface area contributed by atoms with Crippen LogP contribution >= 0.6 is 0 Å². The molecule has 4 bridgehead atoms. The molecule has 130 valence electrons. The van der Waals surface area contributed by atoms with E-state index in [0.717, 1.165) is 24.5 Å². The lowest BCUT2D eigenvalue weighted by Gasteiger charge is -2.37. The monoisotopic (exact) mass is 354 g/mol. The van der Waals surface area contributed by atoms with Gasteiger partial charge < -0.3 is 0 Å². The first-order chi connectivity index (χ1) is 11.1. The van der Waals surface area contributed by atoms with Crippen LogP contribution in [-0.4, -0.2) is 22.9 Å². The molecule has 3 saturated heterocycles. The molecular weight excluding hydrogens is 319 g/mol. The molecule has 24 heavy (non-hydrogen) atoms. The minimum Gasteiger partial charge on any atom is -0.127 e. The summed E-state index contributed by atoms with van der Waals surface area (Å²) >= 11 is 0. The average Bonchev–Trinajstić information content (AvgIpc) is 2.60. The van der Waals surface area contributed by atoms with Crippen molar-refractivity contribution in [3.63, 3.8) is 0 Å². The van der Waals surface area contributed by atoms with Crippen LogP contribution in [0.2, 0.25) is 51.9 Å². The van der Waals surface area contributed by atoms with Gasteiger partial charge in [0.05, 0.1) is 8.07 Å². The van der Waals surface area contributed by atoms with Crippen LogP contribution in [0.5, 0.6) is 0 Å². The molecule has 0 N–H and O–H groups in total. The summed E-state index contributed by atoms with van der Waals surface area (Å²) in [6, 6.07) is 0. The Bertz CT molecular complexity index is 592. The Labute approximate surface area is 152 Å². The van der Waals surface area contributed by atoms with E-state index in [9.17, 15) is 0 Å². The van der Waals surface area contributed by atoms with Crippen molar-refractivity contribution >= 4 is 22.9 Å². The largest absolute Gasteiger partial charge is 0.170 e. The first-order valence-electron chi connectivity index (χ1n) is 10.0. The van der Waals surface area contributed by atoms with E-state index in [1.807, 2.05) is 5.47 Å². The van der Waals surface area contributed by atoms with E-state index in [4.69, 9.17) is 0 Å². The van der Waals surface area contributed by atoms with Crippen molar-refractivity contribution in [2.24, 2.45) is 17.8 Å². The third-order valence-corrected chi connectivity index (χ3v) is 9.17. The second-order valence-electron chi connectivity index (χ2n) is 10.7. The van der Waals surface area contributed by atoms with E-state index in [-0.39, 0.29) is 0 Å². The Morgan fingerprint density at radius 2 is 1.54 bits per heavy atom. The van der Waals surface area contributed by atoms with Gasteiger partial charge in [-0.05, 0) is 49.5 Å². The summed E-state index contributed by atoms with van der Waals surface area (Å²) in [5.74, 6) is 6.46. The molecule has 4 fully saturated rings. The van der Waals surface area contributed by atoms with E-state index in [2.05, 4.69) is 62.9 Å². The lowest BCUT2D eigenvalue weighted by atomic mass is 9.34.